The average molecular weight is 194 g/mol. The highest BCUT2D eigenvalue weighted by Crippen LogP contribution is 2.28. The van der Waals surface area contributed by atoms with Crippen LogP contribution in [0, 0.1) is 11.8 Å². The molecule has 2 rings (SSSR count). The van der Waals surface area contributed by atoms with E-state index >= 15 is 0 Å². The van der Waals surface area contributed by atoms with Crippen molar-refractivity contribution in [2.45, 2.75) is 19.3 Å². The van der Waals surface area contributed by atoms with Gasteiger partial charge in [0.1, 0.15) is 0 Å². The number of hydrogen-bond acceptors (Lipinski definition) is 2. The molecule has 0 radical (unpaired) electrons. The van der Waals surface area contributed by atoms with Crippen molar-refractivity contribution in [2.75, 3.05) is 32.7 Å². The van der Waals surface area contributed by atoms with Gasteiger partial charge in [-0.05, 0) is 57.3 Å². The molecule has 0 aliphatic carbocycles. The van der Waals surface area contributed by atoms with Crippen molar-refractivity contribution < 1.29 is 0 Å². The van der Waals surface area contributed by atoms with E-state index < -0.39 is 0 Å². The zero-order valence-corrected chi connectivity index (χ0v) is 9.04. The van der Waals surface area contributed by atoms with Crippen LogP contribution < -0.4 is 5.32 Å². The second-order valence-electron chi connectivity index (χ2n) is 4.68. The molecule has 2 aliphatic heterocycles. The van der Waals surface area contributed by atoms with Crippen LogP contribution in [0.2, 0.25) is 0 Å². The highest BCUT2D eigenvalue weighted by atomic mass is 15.1. The summed E-state index contributed by atoms with van der Waals surface area (Å²) in [6, 6.07) is 0. The molecular formula is C12H22N2. The molecule has 2 fully saturated rings. The third-order valence-corrected chi connectivity index (χ3v) is 3.78. The molecule has 2 aliphatic rings. The third kappa shape index (κ3) is 2.37. The Balaban J connectivity index is 1.74. The Morgan fingerprint density at radius 2 is 2.00 bits per heavy atom. The fraction of sp³-hybridized carbons (Fsp3) is 0.833. The van der Waals surface area contributed by atoms with E-state index in [1.54, 1.807) is 0 Å². The second-order valence-corrected chi connectivity index (χ2v) is 4.68. The average Bonchev–Trinajstić information content (AvgIpc) is 2.72. The Morgan fingerprint density at radius 3 is 2.57 bits per heavy atom. The van der Waals surface area contributed by atoms with Crippen LogP contribution in [-0.2, 0) is 0 Å². The summed E-state index contributed by atoms with van der Waals surface area (Å²) in [5.74, 6) is 1.96. The molecule has 2 heteroatoms. The van der Waals surface area contributed by atoms with E-state index in [1.807, 2.05) is 6.08 Å². The van der Waals surface area contributed by atoms with E-state index in [0.717, 1.165) is 18.4 Å². The molecule has 2 saturated heterocycles. The molecule has 1 N–H and O–H groups in total. The van der Waals surface area contributed by atoms with Crippen LogP contribution in [0.1, 0.15) is 19.3 Å². The normalized spacial score (nSPS) is 30.7. The first-order valence-electron chi connectivity index (χ1n) is 5.94. The summed E-state index contributed by atoms with van der Waals surface area (Å²) in [5, 5.41) is 3.48. The summed E-state index contributed by atoms with van der Waals surface area (Å²) in [4.78, 5) is 2.52. The van der Waals surface area contributed by atoms with Gasteiger partial charge in [-0.3, -0.25) is 4.90 Å². The molecule has 14 heavy (non-hydrogen) atoms. The van der Waals surface area contributed by atoms with Gasteiger partial charge in [-0.2, -0.15) is 0 Å². The summed E-state index contributed by atoms with van der Waals surface area (Å²) in [6.07, 6.45) is 6.24. The van der Waals surface area contributed by atoms with Crippen molar-refractivity contribution in [3.63, 3.8) is 0 Å². The molecule has 1 atom stereocenters. The van der Waals surface area contributed by atoms with Gasteiger partial charge in [0.2, 0.25) is 0 Å². The van der Waals surface area contributed by atoms with Gasteiger partial charge in [-0.25, -0.2) is 0 Å². The van der Waals surface area contributed by atoms with Crippen LogP contribution in [0.5, 0.6) is 0 Å². The Kier molecular flexibility index (Phi) is 3.60. The Morgan fingerprint density at radius 1 is 1.21 bits per heavy atom. The van der Waals surface area contributed by atoms with E-state index in [-0.39, 0.29) is 0 Å². The van der Waals surface area contributed by atoms with Gasteiger partial charge >= 0.3 is 0 Å². The summed E-state index contributed by atoms with van der Waals surface area (Å²) >= 11 is 0. The Labute approximate surface area is 87.4 Å². The molecule has 1 unspecified atom stereocenters. The molecule has 0 saturated carbocycles. The lowest BCUT2D eigenvalue weighted by atomic mass is 9.84. The summed E-state index contributed by atoms with van der Waals surface area (Å²) in [5.41, 5.74) is 0. The van der Waals surface area contributed by atoms with Crippen LogP contribution >= 0.6 is 0 Å². The van der Waals surface area contributed by atoms with Crippen molar-refractivity contribution >= 4 is 0 Å². The van der Waals surface area contributed by atoms with Gasteiger partial charge in [-0.1, -0.05) is 6.08 Å². The van der Waals surface area contributed by atoms with Crippen LogP contribution in [-0.4, -0.2) is 37.6 Å². The molecule has 0 aromatic heterocycles. The van der Waals surface area contributed by atoms with Crippen molar-refractivity contribution in [1.82, 2.24) is 10.2 Å². The number of piperidine rings is 1. The molecule has 80 valence electrons. The van der Waals surface area contributed by atoms with Gasteiger partial charge in [0.05, 0.1) is 0 Å². The minimum Gasteiger partial charge on any atom is -0.316 e. The largest absolute Gasteiger partial charge is 0.316 e. The summed E-state index contributed by atoms with van der Waals surface area (Å²) < 4.78 is 0. The van der Waals surface area contributed by atoms with Crippen LogP contribution in [0.15, 0.2) is 12.7 Å². The van der Waals surface area contributed by atoms with Gasteiger partial charge < -0.3 is 5.32 Å². The van der Waals surface area contributed by atoms with E-state index in [0.29, 0.717) is 0 Å². The molecule has 2 heterocycles. The first-order valence-corrected chi connectivity index (χ1v) is 5.94. The van der Waals surface area contributed by atoms with Crippen molar-refractivity contribution in [2.24, 2.45) is 11.8 Å². The van der Waals surface area contributed by atoms with E-state index in [9.17, 15) is 0 Å². The summed E-state index contributed by atoms with van der Waals surface area (Å²) in [7, 11) is 0. The van der Waals surface area contributed by atoms with Gasteiger partial charge in [0.25, 0.3) is 0 Å². The van der Waals surface area contributed by atoms with E-state index in [2.05, 4.69) is 16.8 Å². The third-order valence-electron chi connectivity index (χ3n) is 3.78. The number of nitrogens with one attached hydrogen (secondary N) is 1. The Hall–Kier alpha value is -0.340. The maximum atomic E-state index is 3.80. The molecule has 0 spiro atoms. The van der Waals surface area contributed by atoms with Crippen LogP contribution in [0.3, 0.4) is 0 Å². The molecular weight excluding hydrogens is 172 g/mol. The summed E-state index contributed by atoms with van der Waals surface area (Å²) in [6.45, 7) is 9.97. The zero-order chi connectivity index (χ0) is 9.80. The smallest absolute Gasteiger partial charge is 0.0160 e. The minimum atomic E-state index is 0.973. The van der Waals surface area contributed by atoms with E-state index in [1.165, 1.54) is 45.4 Å². The lowest BCUT2D eigenvalue weighted by Crippen LogP contribution is -2.36. The predicted octanol–water partition coefficient (Wildman–Crippen LogP) is 1.49. The standard InChI is InChI=1S/C12H22N2/c1-2-7-14-8-4-11(5-9-14)12-3-6-13-10-12/h2,11-13H,1,3-10H2. The first-order chi connectivity index (χ1) is 6.90. The highest BCUT2D eigenvalue weighted by molar-refractivity contribution is 4.84. The first kappa shape index (κ1) is 10.2. The number of likely N-dealkylation sites (tertiary alicyclic amines) is 1. The SMILES string of the molecule is C=CCN1CCC(C2CCNC2)CC1. The second kappa shape index (κ2) is 4.94. The van der Waals surface area contributed by atoms with E-state index in [4.69, 9.17) is 0 Å². The fourth-order valence-corrected chi connectivity index (χ4v) is 2.87. The topological polar surface area (TPSA) is 15.3 Å². The van der Waals surface area contributed by atoms with Crippen LogP contribution in [0.25, 0.3) is 0 Å². The fourth-order valence-electron chi connectivity index (χ4n) is 2.87. The maximum absolute atomic E-state index is 3.80. The van der Waals surface area contributed by atoms with Crippen LogP contribution in [0.4, 0.5) is 0 Å². The highest BCUT2D eigenvalue weighted by Gasteiger charge is 2.27. The molecule has 0 aromatic rings. The van der Waals surface area contributed by atoms with Crippen molar-refractivity contribution in [3.05, 3.63) is 12.7 Å². The molecule has 0 aromatic carbocycles. The van der Waals surface area contributed by atoms with Crippen molar-refractivity contribution in [1.29, 1.82) is 0 Å². The Bertz CT molecular complexity index is 177. The monoisotopic (exact) mass is 194 g/mol. The number of hydrogen-bond donors (Lipinski definition) is 1. The predicted molar refractivity (Wildman–Crippen MR) is 60.3 cm³/mol. The number of nitrogens with zero attached hydrogens (tertiary/aromatic N) is 1. The van der Waals surface area contributed by atoms with Gasteiger partial charge in [-0.15, -0.1) is 6.58 Å². The van der Waals surface area contributed by atoms with Crippen molar-refractivity contribution in [3.8, 4) is 0 Å². The molecule has 2 nitrogen and oxygen atoms in total. The molecule has 0 bridgehead atoms. The lowest BCUT2D eigenvalue weighted by Gasteiger charge is -2.33. The maximum Gasteiger partial charge on any atom is 0.0160 e. The number of rotatable bonds is 3. The van der Waals surface area contributed by atoms with Gasteiger partial charge in [0, 0.05) is 6.54 Å². The minimum absolute atomic E-state index is 0.973. The molecule has 0 amide bonds. The quantitative estimate of drug-likeness (QED) is 0.685. The van der Waals surface area contributed by atoms with Gasteiger partial charge in [0.15, 0.2) is 0 Å². The zero-order valence-electron chi connectivity index (χ0n) is 9.04. The lowest BCUT2D eigenvalue weighted by molar-refractivity contribution is 0.164.